The Balaban J connectivity index is 1.79. The van der Waals surface area contributed by atoms with Gasteiger partial charge in [0.2, 0.25) is 10.0 Å². The Morgan fingerprint density at radius 1 is 1.34 bits per heavy atom. The minimum atomic E-state index is -3.62. The zero-order valence-corrected chi connectivity index (χ0v) is 17.9. The zero-order valence-electron chi connectivity index (χ0n) is 17.1. The Bertz CT molecular complexity index is 1030. The number of carbonyl (C=O) groups is 1. The first-order chi connectivity index (χ1) is 13.8. The van der Waals surface area contributed by atoms with Crippen LogP contribution in [0.5, 0.6) is 0 Å². The lowest BCUT2D eigenvalue weighted by Gasteiger charge is -2.19. The van der Waals surface area contributed by atoms with E-state index in [-0.39, 0.29) is 5.75 Å². The highest BCUT2D eigenvalue weighted by molar-refractivity contribution is 7.90. The molecule has 0 bridgehead atoms. The highest BCUT2D eigenvalue weighted by atomic mass is 32.2. The molecule has 0 aromatic carbocycles. The molecule has 0 fully saturated rings. The standard InChI is InChI=1S/C20H27N5O3S/c1-4-5-6-14-29(27,28)23-18(26)10-9-17-15(2)22-24(3)20(17)25-13-11-16-8-7-12-21-19(16)25/h7-10,12H,4-6,11,13-14H2,1-3H3,(H,23,26). The van der Waals surface area contributed by atoms with Crippen molar-refractivity contribution in [3.05, 3.63) is 41.2 Å². The van der Waals surface area contributed by atoms with Gasteiger partial charge in [0.15, 0.2) is 0 Å². The minimum absolute atomic E-state index is 0.0478. The summed E-state index contributed by atoms with van der Waals surface area (Å²) in [5.74, 6) is 1.01. The number of sulfonamides is 1. The van der Waals surface area contributed by atoms with Gasteiger partial charge >= 0.3 is 0 Å². The number of pyridine rings is 1. The van der Waals surface area contributed by atoms with Crippen LogP contribution in [0.15, 0.2) is 24.4 Å². The number of aromatic nitrogens is 3. The Morgan fingerprint density at radius 3 is 2.90 bits per heavy atom. The number of unbranched alkanes of at least 4 members (excludes halogenated alkanes) is 2. The van der Waals surface area contributed by atoms with Crippen molar-refractivity contribution in [2.75, 3.05) is 17.2 Å². The van der Waals surface area contributed by atoms with Gasteiger partial charge in [0.1, 0.15) is 11.6 Å². The first-order valence-corrected chi connectivity index (χ1v) is 11.4. The van der Waals surface area contributed by atoms with Gasteiger partial charge in [-0.25, -0.2) is 18.1 Å². The molecule has 29 heavy (non-hydrogen) atoms. The van der Waals surface area contributed by atoms with E-state index >= 15 is 0 Å². The molecule has 156 valence electrons. The second kappa shape index (κ2) is 8.77. The van der Waals surface area contributed by atoms with Gasteiger partial charge in [-0.3, -0.25) is 9.48 Å². The maximum Gasteiger partial charge on any atom is 0.257 e. The van der Waals surface area contributed by atoms with E-state index in [2.05, 4.69) is 25.8 Å². The van der Waals surface area contributed by atoms with Crippen LogP contribution in [0.3, 0.4) is 0 Å². The van der Waals surface area contributed by atoms with Gasteiger partial charge in [-0.1, -0.05) is 25.8 Å². The van der Waals surface area contributed by atoms with E-state index in [0.717, 1.165) is 54.3 Å². The van der Waals surface area contributed by atoms with Gasteiger partial charge in [-0.05, 0) is 37.5 Å². The molecular formula is C20H27N5O3S. The second-order valence-electron chi connectivity index (χ2n) is 7.16. The first-order valence-electron chi connectivity index (χ1n) is 9.80. The number of nitrogens with zero attached hydrogens (tertiary/aromatic N) is 4. The van der Waals surface area contributed by atoms with Gasteiger partial charge in [0.05, 0.1) is 11.4 Å². The number of nitrogens with one attached hydrogen (secondary N) is 1. The summed E-state index contributed by atoms with van der Waals surface area (Å²) in [4.78, 5) is 18.8. The highest BCUT2D eigenvalue weighted by Crippen LogP contribution is 2.35. The fraction of sp³-hybridized carbons (Fsp3) is 0.450. The maximum absolute atomic E-state index is 12.2. The average molecular weight is 418 g/mol. The van der Waals surface area contributed by atoms with Crippen LogP contribution in [0.4, 0.5) is 11.6 Å². The van der Waals surface area contributed by atoms with Crippen molar-refractivity contribution >= 4 is 33.6 Å². The summed E-state index contributed by atoms with van der Waals surface area (Å²) in [6.07, 6.45) is 7.78. The summed E-state index contributed by atoms with van der Waals surface area (Å²) in [7, 11) is -1.77. The fourth-order valence-corrected chi connectivity index (χ4v) is 4.59. The SMILES string of the molecule is CCCCCS(=O)(=O)NC(=O)C=Cc1c(C)nn(C)c1N1CCc2cccnc21. The van der Waals surface area contributed by atoms with Crippen molar-refractivity contribution in [3.63, 3.8) is 0 Å². The molecule has 0 unspecified atom stereocenters. The van der Waals surface area contributed by atoms with Crippen molar-refractivity contribution in [2.45, 2.75) is 39.5 Å². The van der Waals surface area contributed by atoms with Crippen LogP contribution >= 0.6 is 0 Å². The summed E-state index contributed by atoms with van der Waals surface area (Å²) >= 11 is 0. The van der Waals surface area contributed by atoms with Crippen molar-refractivity contribution in [1.82, 2.24) is 19.5 Å². The highest BCUT2D eigenvalue weighted by Gasteiger charge is 2.26. The maximum atomic E-state index is 12.2. The molecule has 3 heterocycles. The summed E-state index contributed by atoms with van der Waals surface area (Å²) in [5.41, 5.74) is 2.68. The summed E-state index contributed by atoms with van der Waals surface area (Å²) in [5, 5.41) is 4.48. The predicted molar refractivity (Wildman–Crippen MR) is 113 cm³/mol. The van der Waals surface area contributed by atoms with Crippen LogP contribution in [0.1, 0.15) is 43.0 Å². The molecule has 9 heteroatoms. The number of hydrogen-bond acceptors (Lipinski definition) is 6. The molecule has 0 aliphatic carbocycles. The molecule has 0 atom stereocenters. The molecule has 3 rings (SSSR count). The van der Waals surface area contributed by atoms with Crippen molar-refractivity contribution in [2.24, 2.45) is 7.05 Å². The Hall–Kier alpha value is -2.68. The lowest BCUT2D eigenvalue weighted by atomic mass is 10.2. The first kappa shape index (κ1) is 21.0. The third kappa shape index (κ3) is 4.84. The molecule has 1 amide bonds. The number of hydrogen-bond donors (Lipinski definition) is 1. The van der Waals surface area contributed by atoms with Gasteiger partial charge in [0, 0.05) is 31.4 Å². The van der Waals surface area contributed by atoms with E-state index in [0.29, 0.717) is 6.42 Å². The van der Waals surface area contributed by atoms with Crippen LogP contribution in [0, 0.1) is 6.92 Å². The third-order valence-corrected chi connectivity index (χ3v) is 6.23. The van der Waals surface area contributed by atoms with Crippen LogP contribution in [0.2, 0.25) is 0 Å². The summed E-state index contributed by atoms with van der Waals surface area (Å²) in [6.45, 7) is 4.62. The molecule has 0 saturated heterocycles. The van der Waals surface area contributed by atoms with Crippen LogP contribution in [-0.2, 0) is 28.3 Å². The number of anilines is 2. The molecule has 0 saturated carbocycles. The lowest BCUT2D eigenvalue weighted by Crippen LogP contribution is -2.31. The zero-order chi connectivity index (χ0) is 21.0. The molecule has 0 spiro atoms. The number of rotatable bonds is 8. The van der Waals surface area contributed by atoms with Gasteiger partial charge in [-0.2, -0.15) is 5.10 Å². The quantitative estimate of drug-likeness (QED) is 0.523. The molecule has 2 aromatic heterocycles. The monoisotopic (exact) mass is 417 g/mol. The molecule has 0 radical (unpaired) electrons. The molecule has 8 nitrogen and oxygen atoms in total. The lowest BCUT2D eigenvalue weighted by molar-refractivity contribution is -0.114. The predicted octanol–water partition coefficient (Wildman–Crippen LogP) is 2.47. The van der Waals surface area contributed by atoms with Crippen molar-refractivity contribution in [1.29, 1.82) is 0 Å². The van der Waals surface area contributed by atoms with Crippen molar-refractivity contribution in [3.8, 4) is 0 Å². The van der Waals surface area contributed by atoms with E-state index in [1.54, 1.807) is 17.0 Å². The molecule has 1 aliphatic rings. The number of aryl methyl sites for hydroxylation is 2. The van der Waals surface area contributed by atoms with E-state index < -0.39 is 15.9 Å². The molecular weight excluding hydrogens is 390 g/mol. The van der Waals surface area contributed by atoms with E-state index in [9.17, 15) is 13.2 Å². The Labute approximate surface area is 171 Å². The van der Waals surface area contributed by atoms with Crippen LogP contribution in [-0.4, -0.2) is 41.4 Å². The molecule has 1 N–H and O–H groups in total. The fourth-order valence-electron chi connectivity index (χ4n) is 3.53. The van der Waals surface area contributed by atoms with Crippen LogP contribution in [0.25, 0.3) is 6.08 Å². The third-order valence-electron chi connectivity index (χ3n) is 4.89. The normalized spacial score (nSPS) is 13.8. The topological polar surface area (TPSA) is 97.2 Å². The summed E-state index contributed by atoms with van der Waals surface area (Å²) in [6, 6.07) is 3.97. The van der Waals surface area contributed by atoms with Gasteiger partial charge in [-0.15, -0.1) is 0 Å². The average Bonchev–Trinajstić information content (AvgIpc) is 3.19. The molecule has 2 aromatic rings. The summed E-state index contributed by atoms with van der Waals surface area (Å²) < 4.78 is 27.9. The van der Waals surface area contributed by atoms with Gasteiger partial charge in [0.25, 0.3) is 5.91 Å². The number of carbonyl (C=O) groups excluding carboxylic acids is 1. The minimum Gasteiger partial charge on any atom is -0.310 e. The number of amides is 1. The largest absolute Gasteiger partial charge is 0.310 e. The van der Waals surface area contributed by atoms with E-state index in [1.165, 1.54) is 6.08 Å². The smallest absolute Gasteiger partial charge is 0.257 e. The van der Waals surface area contributed by atoms with Gasteiger partial charge < -0.3 is 4.90 Å². The number of fused-ring (bicyclic) bond motifs is 1. The second-order valence-corrected chi connectivity index (χ2v) is 9.00. The Morgan fingerprint density at radius 2 is 2.14 bits per heavy atom. The van der Waals surface area contributed by atoms with Crippen molar-refractivity contribution < 1.29 is 13.2 Å². The molecule has 1 aliphatic heterocycles. The Kier molecular flexibility index (Phi) is 6.36. The van der Waals surface area contributed by atoms with E-state index in [1.807, 2.05) is 27.0 Å². The van der Waals surface area contributed by atoms with Crippen LogP contribution < -0.4 is 9.62 Å². The van der Waals surface area contributed by atoms with E-state index in [4.69, 9.17) is 0 Å².